The van der Waals surface area contributed by atoms with E-state index in [1.165, 1.54) is 5.56 Å². The van der Waals surface area contributed by atoms with E-state index in [-0.39, 0.29) is 12.5 Å². The standard InChI is InChI=1S/C19H18N2O/c1-4-10-21-17-12-14(3)13(2)11-16(17)20-18(19(21)22)15-8-6-5-7-9-15/h1,5-9,11-12,18,20H,10H2,2-3H3. The predicted octanol–water partition coefficient (Wildman–Crippen LogP) is 3.44. The molecule has 3 rings (SSSR count). The van der Waals surface area contributed by atoms with Gasteiger partial charge in [-0.05, 0) is 42.7 Å². The second-order valence-corrected chi connectivity index (χ2v) is 5.57. The van der Waals surface area contributed by atoms with E-state index >= 15 is 0 Å². The van der Waals surface area contributed by atoms with Crippen LogP contribution in [0.5, 0.6) is 0 Å². The summed E-state index contributed by atoms with van der Waals surface area (Å²) in [6.07, 6.45) is 5.47. The lowest BCUT2D eigenvalue weighted by atomic mass is 9.99. The molecular formula is C19H18N2O. The van der Waals surface area contributed by atoms with Gasteiger partial charge in [-0.3, -0.25) is 9.69 Å². The number of nitrogens with one attached hydrogen (secondary N) is 1. The fraction of sp³-hybridized carbons (Fsp3) is 0.211. The van der Waals surface area contributed by atoms with Crippen LogP contribution in [0.2, 0.25) is 0 Å². The number of carbonyl (C=O) groups is 1. The Balaban J connectivity index is 2.10. The quantitative estimate of drug-likeness (QED) is 0.859. The summed E-state index contributed by atoms with van der Waals surface area (Å²) >= 11 is 0. The lowest BCUT2D eigenvalue weighted by Gasteiger charge is -2.35. The normalized spacial score (nSPS) is 16.7. The molecule has 0 bridgehead atoms. The summed E-state index contributed by atoms with van der Waals surface area (Å²) < 4.78 is 0. The number of amides is 1. The minimum atomic E-state index is -0.399. The SMILES string of the molecule is C#CCN1C(=O)C(c2ccccc2)Nc2cc(C)c(C)cc21. The highest BCUT2D eigenvalue weighted by molar-refractivity contribution is 6.05. The Labute approximate surface area is 131 Å². The smallest absolute Gasteiger partial charge is 0.255 e. The highest BCUT2D eigenvalue weighted by Crippen LogP contribution is 2.38. The van der Waals surface area contributed by atoms with Gasteiger partial charge in [-0.1, -0.05) is 36.3 Å². The molecule has 2 aromatic carbocycles. The van der Waals surface area contributed by atoms with E-state index in [1.807, 2.05) is 43.3 Å². The van der Waals surface area contributed by atoms with E-state index < -0.39 is 6.04 Å². The Morgan fingerprint density at radius 3 is 2.55 bits per heavy atom. The minimum Gasteiger partial charge on any atom is -0.368 e. The predicted molar refractivity (Wildman–Crippen MR) is 89.9 cm³/mol. The number of fused-ring (bicyclic) bond motifs is 1. The van der Waals surface area contributed by atoms with Crippen molar-refractivity contribution in [3.05, 3.63) is 59.2 Å². The summed E-state index contributed by atoms with van der Waals surface area (Å²) in [4.78, 5) is 14.5. The van der Waals surface area contributed by atoms with Crippen LogP contribution in [0.3, 0.4) is 0 Å². The van der Waals surface area contributed by atoms with E-state index in [2.05, 4.69) is 24.2 Å². The van der Waals surface area contributed by atoms with E-state index in [1.54, 1.807) is 4.90 Å². The van der Waals surface area contributed by atoms with E-state index in [4.69, 9.17) is 6.42 Å². The Morgan fingerprint density at radius 1 is 1.18 bits per heavy atom. The summed E-state index contributed by atoms with van der Waals surface area (Å²) in [6.45, 7) is 4.38. The highest BCUT2D eigenvalue weighted by Gasteiger charge is 2.33. The van der Waals surface area contributed by atoms with Gasteiger partial charge >= 0.3 is 0 Å². The molecule has 0 saturated carbocycles. The summed E-state index contributed by atoms with van der Waals surface area (Å²) in [5, 5.41) is 3.36. The van der Waals surface area contributed by atoms with Crippen molar-refractivity contribution in [2.45, 2.75) is 19.9 Å². The molecule has 1 unspecified atom stereocenters. The van der Waals surface area contributed by atoms with Gasteiger partial charge in [-0.15, -0.1) is 6.42 Å². The maximum absolute atomic E-state index is 12.8. The average Bonchev–Trinajstić information content (AvgIpc) is 2.53. The van der Waals surface area contributed by atoms with Crippen molar-refractivity contribution in [3.63, 3.8) is 0 Å². The topological polar surface area (TPSA) is 32.3 Å². The first-order valence-electron chi connectivity index (χ1n) is 7.29. The summed E-state index contributed by atoms with van der Waals surface area (Å²) in [7, 11) is 0. The molecule has 1 N–H and O–H groups in total. The number of benzene rings is 2. The lowest BCUT2D eigenvalue weighted by Crippen LogP contribution is -2.42. The van der Waals surface area contributed by atoms with Crippen molar-refractivity contribution >= 4 is 17.3 Å². The van der Waals surface area contributed by atoms with Crippen molar-refractivity contribution in [2.75, 3.05) is 16.8 Å². The largest absolute Gasteiger partial charge is 0.368 e. The van der Waals surface area contributed by atoms with Gasteiger partial charge in [0.15, 0.2) is 0 Å². The Morgan fingerprint density at radius 2 is 1.86 bits per heavy atom. The minimum absolute atomic E-state index is 0.0140. The number of rotatable bonds is 2. The molecule has 1 atom stereocenters. The maximum Gasteiger partial charge on any atom is 0.255 e. The number of hydrogen-bond acceptors (Lipinski definition) is 2. The third-order valence-electron chi connectivity index (χ3n) is 4.10. The van der Waals surface area contributed by atoms with Crippen LogP contribution in [-0.2, 0) is 4.79 Å². The first-order chi connectivity index (χ1) is 10.6. The number of aryl methyl sites for hydroxylation is 2. The van der Waals surface area contributed by atoms with Crippen molar-refractivity contribution in [1.82, 2.24) is 0 Å². The first kappa shape index (κ1) is 14.2. The van der Waals surface area contributed by atoms with E-state index in [9.17, 15) is 4.79 Å². The summed E-state index contributed by atoms with van der Waals surface area (Å²) in [5.74, 6) is 2.58. The summed E-state index contributed by atoms with van der Waals surface area (Å²) in [5.41, 5.74) is 5.09. The second-order valence-electron chi connectivity index (χ2n) is 5.57. The lowest BCUT2D eigenvalue weighted by molar-refractivity contribution is -0.119. The fourth-order valence-electron chi connectivity index (χ4n) is 2.76. The second kappa shape index (κ2) is 5.57. The molecule has 0 fully saturated rings. The van der Waals surface area contributed by atoms with Crippen molar-refractivity contribution in [3.8, 4) is 12.3 Å². The van der Waals surface area contributed by atoms with Crippen molar-refractivity contribution in [1.29, 1.82) is 0 Å². The average molecular weight is 290 g/mol. The molecule has 0 aliphatic carbocycles. The van der Waals surface area contributed by atoms with Gasteiger partial charge in [-0.2, -0.15) is 0 Å². The fourth-order valence-corrected chi connectivity index (χ4v) is 2.76. The zero-order chi connectivity index (χ0) is 15.7. The Hall–Kier alpha value is -2.73. The van der Waals surface area contributed by atoms with Gasteiger partial charge < -0.3 is 5.32 Å². The molecule has 3 nitrogen and oxygen atoms in total. The molecule has 0 saturated heterocycles. The van der Waals surface area contributed by atoms with E-state index in [0.717, 1.165) is 22.5 Å². The Kier molecular flexibility index (Phi) is 3.60. The number of carbonyl (C=O) groups excluding carboxylic acids is 1. The van der Waals surface area contributed by atoms with Crippen molar-refractivity contribution < 1.29 is 4.79 Å². The van der Waals surface area contributed by atoms with Gasteiger partial charge in [0, 0.05) is 0 Å². The molecular weight excluding hydrogens is 272 g/mol. The summed E-state index contributed by atoms with van der Waals surface area (Å²) in [6, 6.07) is 13.4. The first-order valence-corrected chi connectivity index (χ1v) is 7.29. The molecule has 1 amide bonds. The molecule has 0 radical (unpaired) electrons. The van der Waals surface area contributed by atoms with Crippen LogP contribution in [0, 0.1) is 26.2 Å². The van der Waals surface area contributed by atoms with Crippen LogP contribution in [-0.4, -0.2) is 12.5 Å². The van der Waals surface area contributed by atoms with Gasteiger partial charge in [0.25, 0.3) is 5.91 Å². The zero-order valence-corrected chi connectivity index (χ0v) is 12.8. The van der Waals surface area contributed by atoms with Gasteiger partial charge in [0.05, 0.1) is 17.9 Å². The van der Waals surface area contributed by atoms with Crippen molar-refractivity contribution in [2.24, 2.45) is 0 Å². The highest BCUT2D eigenvalue weighted by atomic mass is 16.2. The van der Waals surface area contributed by atoms with Crippen LogP contribution >= 0.6 is 0 Å². The number of terminal acetylenes is 1. The molecule has 110 valence electrons. The molecule has 2 aromatic rings. The van der Waals surface area contributed by atoms with Crippen LogP contribution in [0.25, 0.3) is 0 Å². The molecule has 22 heavy (non-hydrogen) atoms. The van der Waals surface area contributed by atoms with Crippen LogP contribution in [0.15, 0.2) is 42.5 Å². The molecule has 3 heteroatoms. The van der Waals surface area contributed by atoms with E-state index in [0.29, 0.717) is 0 Å². The molecule has 1 heterocycles. The third kappa shape index (κ3) is 2.33. The van der Waals surface area contributed by atoms with Crippen LogP contribution < -0.4 is 10.2 Å². The van der Waals surface area contributed by atoms with Gasteiger partial charge in [-0.25, -0.2) is 0 Å². The molecule has 1 aliphatic heterocycles. The van der Waals surface area contributed by atoms with Gasteiger partial charge in [0.2, 0.25) is 0 Å². The van der Waals surface area contributed by atoms with Crippen LogP contribution in [0.1, 0.15) is 22.7 Å². The monoisotopic (exact) mass is 290 g/mol. The molecule has 1 aliphatic rings. The number of nitrogens with zero attached hydrogens (tertiary/aromatic N) is 1. The third-order valence-corrected chi connectivity index (χ3v) is 4.10. The zero-order valence-electron chi connectivity index (χ0n) is 12.8. The number of anilines is 2. The number of hydrogen-bond donors (Lipinski definition) is 1. The van der Waals surface area contributed by atoms with Gasteiger partial charge in [0.1, 0.15) is 6.04 Å². The maximum atomic E-state index is 12.8. The molecule has 0 spiro atoms. The Bertz CT molecular complexity index is 759. The van der Waals surface area contributed by atoms with Crippen LogP contribution in [0.4, 0.5) is 11.4 Å². The molecule has 0 aromatic heterocycles.